The van der Waals surface area contributed by atoms with E-state index in [2.05, 4.69) is 5.32 Å². The highest BCUT2D eigenvalue weighted by molar-refractivity contribution is 5.93. The van der Waals surface area contributed by atoms with E-state index in [-0.39, 0.29) is 6.61 Å². The topological polar surface area (TPSA) is 119 Å². The number of carbonyl (C=O) groups excluding carboxylic acids is 2. The van der Waals surface area contributed by atoms with Crippen LogP contribution in [0, 0.1) is 11.3 Å². The summed E-state index contributed by atoms with van der Waals surface area (Å²) in [7, 11) is 0. The van der Waals surface area contributed by atoms with Crippen LogP contribution in [-0.4, -0.2) is 28.6 Å². The smallest absolute Gasteiger partial charge is 0.408 e. The Morgan fingerprint density at radius 3 is 1.97 bits per heavy atom. The van der Waals surface area contributed by atoms with E-state index in [0.717, 1.165) is 5.56 Å². The number of carbonyl (C=O) groups is 3. The van der Waals surface area contributed by atoms with Crippen molar-refractivity contribution in [3.63, 3.8) is 0 Å². The van der Waals surface area contributed by atoms with Gasteiger partial charge in [0.25, 0.3) is 0 Å². The van der Waals surface area contributed by atoms with Gasteiger partial charge in [-0.05, 0) is 16.5 Å². The second kappa shape index (κ2) is 9.64. The first-order valence-electron chi connectivity index (χ1n) is 10.1. The molecular weight excluding hydrogens is 396 g/mol. The van der Waals surface area contributed by atoms with Crippen LogP contribution in [0.25, 0.3) is 0 Å². The summed E-state index contributed by atoms with van der Waals surface area (Å²) < 4.78 is 5.30. The summed E-state index contributed by atoms with van der Waals surface area (Å²) in [6.07, 6.45) is -0.940. The number of carboxylic acid groups (broad SMARTS) is 1. The summed E-state index contributed by atoms with van der Waals surface area (Å²) in [5.41, 5.74) is 4.21. The maximum absolute atomic E-state index is 12.8. The van der Waals surface area contributed by atoms with E-state index < -0.39 is 40.8 Å². The zero-order valence-corrected chi connectivity index (χ0v) is 18.3. The van der Waals surface area contributed by atoms with Crippen molar-refractivity contribution < 1.29 is 24.2 Å². The second-order valence-electron chi connectivity index (χ2n) is 8.69. The number of alkyl carbamates (subject to hydrolysis) is 1. The highest BCUT2D eigenvalue weighted by atomic mass is 16.5. The molecule has 0 fully saturated rings. The number of benzene rings is 2. The summed E-state index contributed by atoms with van der Waals surface area (Å²) in [6, 6.07) is 17.8. The molecule has 0 radical (unpaired) electrons. The number of hydrogen-bond acceptors (Lipinski definition) is 4. The molecule has 3 atom stereocenters. The third-order valence-corrected chi connectivity index (χ3v) is 5.46. The van der Waals surface area contributed by atoms with Gasteiger partial charge in [0, 0.05) is 5.92 Å². The van der Waals surface area contributed by atoms with Crippen LogP contribution in [0.5, 0.6) is 0 Å². The van der Waals surface area contributed by atoms with Gasteiger partial charge in [-0.3, -0.25) is 4.79 Å². The second-order valence-corrected chi connectivity index (χ2v) is 8.69. The van der Waals surface area contributed by atoms with Gasteiger partial charge in [-0.2, -0.15) is 0 Å². The Labute approximate surface area is 182 Å². The summed E-state index contributed by atoms with van der Waals surface area (Å²) in [5.74, 6) is -4.19. The van der Waals surface area contributed by atoms with E-state index in [1.165, 1.54) is 0 Å². The first-order valence-corrected chi connectivity index (χ1v) is 10.1. The molecule has 4 N–H and O–H groups in total. The lowest BCUT2D eigenvalue weighted by atomic mass is 9.62. The van der Waals surface area contributed by atoms with Crippen LogP contribution >= 0.6 is 0 Å². The number of hydrogen-bond donors (Lipinski definition) is 3. The normalized spacial score (nSPS) is 15.2. The molecule has 7 heteroatoms. The van der Waals surface area contributed by atoms with Crippen LogP contribution in [0.4, 0.5) is 4.79 Å². The third kappa shape index (κ3) is 5.42. The van der Waals surface area contributed by atoms with E-state index in [1.54, 1.807) is 82.3 Å². The standard InChI is InChI=1S/C24H30N2O5/c1-16(18-13-9-6-10-14-18)24(21(28)29,19(20(25)27)23(2,3)4)26-22(30)31-15-17-11-7-5-8-12-17/h5-14,16,19H,15H2,1-4H3,(H2,25,27)(H,26,30)(H,28,29)/t16-,19?,24-/m1/s1. The van der Waals surface area contributed by atoms with Crippen LogP contribution in [0.1, 0.15) is 44.7 Å². The van der Waals surface area contributed by atoms with E-state index in [4.69, 9.17) is 10.5 Å². The van der Waals surface area contributed by atoms with Gasteiger partial charge in [-0.25, -0.2) is 9.59 Å². The number of nitrogens with two attached hydrogens (primary N) is 1. The maximum atomic E-state index is 12.8. The van der Waals surface area contributed by atoms with Crippen LogP contribution in [0.3, 0.4) is 0 Å². The largest absolute Gasteiger partial charge is 0.479 e. The highest BCUT2D eigenvalue weighted by Gasteiger charge is 2.58. The van der Waals surface area contributed by atoms with Crippen LogP contribution in [0.2, 0.25) is 0 Å². The minimum absolute atomic E-state index is 0.0428. The Hall–Kier alpha value is -3.35. The van der Waals surface area contributed by atoms with Gasteiger partial charge < -0.3 is 20.9 Å². The van der Waals surface area contributed by atoms with Crippen LogP contribution in [-0.2, 0) is 20.9 Å². The predicted octanol–water partition coefficient (Wildman–Crippen LogP) is 3.69. The molecule has 0 aliphatic rings. The number of rotatable bonds is 8. The van der Waals surface area contributed by atoms with Crippen molar-refractivity contribution in [1.82, 2.24) is 5.32 Å². The lowest BCUT2D eigenvalue weighted by Gasteiger charge is -2.45. The van der Waals surface area contributed by atoms with Crippen LogP contribution in [0.15, 0.2) is 60.7 Å². The van der Waals surface area contributed by atoms with Gasteiger partial charge in [0.2, 0.25) is 5.91 Å². The fourth-order valence-corrected chi connectivity index (χ4v) is 4.06. The van der Waals surface area contributed by atoms with Gasteiger partial charge in [0.05, 0.1) is 5.92 Å². The summed E-state index contributed by atoms with van der Waals surface area (Å²) >= 11 is 0. The molecule has 1 unspecified atom stereocenters. The van der Waals surface area contributed by atoms with E-state index in [0.29, 0.717) is 5.56 Å². The van der Waals surface area contributed by atoms with Crippen molar-refractivity contribution in [2.24, 2.45) is 17.1 Å². The number of amides is 2. The van der Waals surface area contributed by atoms with Crippen molar-refractivity contribution in [3.05, 3.63) is 71.8 Å². The molecule has 2 rings (SSSR count). The minimum Gasteiger partial charge on any atom is -0.479 e. The molecule has 2 amide bonds. The van der Waals surface area contributed by atoms with Crippen molar-refractivity contribution in [3.8, 4) is 0 Å². The third-order valence-electron chi connectivity index (χ3n) is 5.46. The first kappa shape index (κ1) is 23.9. The van der Waals surface area contributed by atoms with E-state index in [9.17, 15) is 19.5 Å². The average Bonchev–Trinajstić information content (AvgIpc) is 2.71. The molecule has 0 saturated carbocycles. The van der Waals surface area contributed by atoms with Crippen LogP contribution < -0.4 is 11.1 Å². The monoisotopic (exact) mass is 426 g/mol. The van der Waals surface area contributed by atoms with Crippen molar-refractivity contribution in [2.75, 3.05) is 0 Å². The number of aliphatic carboxylic acids is 1. The molecular formula is C24H30N2O5. The van der Waals surface area contributed by atoms with Gasteiger partial charge in [-0.15, -0.1) is 0 Å². The fraction of sp³-hybridized carbons (Fsp3) is 0.375. The lowest BCUT2D eigenvalue weighted by Crippen LogP contribution is -2.68. The lowest BCUT2D eigenvalue weighted by molar-refractivity contribution is -0.155. The molecule has 0 bridgehead atoms. The molecule has 166 valence electrons. The molecule has 0 heterocycles. The average molecular weight is 427 g/mol. The maximum Gasteiger partial charge on any atom is 0.408 e. The number of ether oxygens (including phenoxy) is 1. The van der Waals surface area contributed by atoms with Gasteiger partial charge >= 0.3 is 12.1 Å². The zero-order chi connectivity index (χ0) is 23.2. The van der Waals surface area contributed by atoms with Gasteiger partial charge in [-0.1, -0.05) is 88.4 Å². The van der Waals surface area contributed by atoms with E-state index >= 15 is 0 Å². The van der Waals surface area contributed by atoms with Gasteiger partial charge in [0.15, 0.2) is 5.54 Å². The summed E-state index contributed by atoms with van der Waals surface area (Å²) in [5, 5.41) is 12.9. The Balaban J connectivity index is 2.50. The SMILES string of the molecule is C[C@H](c1ccccc1)[C@](NC(=O)OCc1ccccc1)(C(=O)O)C(C(N)=O)C(C)(C)C. The Morgan fingerprint density at radius 1 is 1.00 bits per heavy atom. The fourth-order valence-electron chi connectivity index (χ4n) is 4.06. The van der Waals surface area contributed by atoms with E-state index in [1.807, 2.05) is 6.07 Å². The number of primary amides is 1. The Kier molecular flexibility index (Phi) is 7.44. The Bertz CT molecular complexity index is 909. The zero-order valence-electron chi connectivity index (χ0n) is 18.3. The number of carboxylic acids is 1. The summed E-state index contributed by atoms with van der Waals surface area (Å²) in [6.45, 7) is 6.76. The number of nitrogens with one attached hydrogen (secondary N) is 1. The molecule has 2 aromatic carbocycles. The quantitative estimate of drug-likeness (QED) is 0.595. The highest BCUT2D eigenvalue weighted by Crippen LogP contribution is 2.43. The molecule has 0 saturated heterocycles. The molecule has 0 spiro atoms. The van der Waals surface area contributed by atoms with Crippen molar-refractivity contribution in [1.29, 1.82) is 0 Å². The first-order chi connectivity index (χ1) is 14.5. The molecule has 2 aromatic rings. The molecule has 0 aliphatic heterocycles. The molecule has 7 nitrogen and oxygen atoms in total. The minimum atomic E-state index is -2.03. The van der Waals surface area contributed by atoms with Gasteiger partial charge in [0.1, 0.15) is 6.61 Å². The van der Waals surface area contributed by atoms with Crippen molar-refractivity contribution in [2.45, 2.75) is 45.8 Å². The Morgan fingerprint density at radius 2 is 1.52 bits per heavy atom. The summed E-state index contributed by atoms with van der Waals surface area (Å²) in [4.78, 5) is 38.1. The molecule has 31 heavy (non-hydrogen) atoms. The molecule has 0 aliphatic carbocycles. The predicted molar refractivity (Wildman–Crippen MR) is 117 cm³/mol. The van der Waals surface area contributed by atoms with Crippen molar-refractivity contribution >= 4 is 18.0 Å². The molecule has 0 aromatic heterocycles.